The Morgan fingerprint density at radius 1 is 1.15 bits per heavy atom. The van der Waals surface area contributed by atoms with Gasteiger partial charge in [-0.3, -0.25) is 0 Å². The summed E-state index contributed by atoms with van der Waals surface area (Å²) >= 11 is 1.16. The van der Waals surface area contributed by atoms with Crippen LogP contribution < -0.4 is 4.90 Å². The molecule has 0 aliphatic heterocycles. The fourth-order valence-corrected chi connectivity index (χ4v) is 4.47. The van der Waals surface area contributed by atoms with E-state index in [1.54, 1.807) is 6.92 Å². The first-order valence-electron chi connectivity index (χ1n) is 12.6. The van der Waals surface area contributed by atoms with Crippen LogP contribution in [-0.4, -0.2) is 50.0 Å². The number of carbonyl (C=O) groups is 2. The standard InChI is InChI=1S/C28H33N5O5S/c1-5-6-7-8-13-33(14-15-37-16-17-38-26(36)12-11-25(34)35)22-9-10-23(20(2)18-22)31-32-28-27(30-4)21(3)24(19-29)39-28/h9-12,18H,5-8,13-17H2,1-3H3,(H,34,35)/b12-11-,32-31?. The van der Waals surface area contributed by atoms with Gasteiger partial charge in [-0.25, -0.2) is 14.4 Å². The largest absolute Gasteiger partial charge is 0.478 e. The molecule has 11 heteroatoms. The topological polar surface area (TPSA) is 129 Å². The van der Waals surface area contributed by atoms with Gasteiger partial charge in [0.25, 0.3) is 0 Å². The highest BCUT2D eigenvalue weighted by molar-refractivity contribution is 7.17. The number of unbranched alkanes of at least 4 members (excludes halogenated alkanes) is 3. The minimum Gasteiger partial charge on any atom is -0.478 e. The van der Waals surface area contributed by atoms with E-state index in [1.807, 2.05) is 25.1 Å². The average Bonchev–Trinajstić information content (AvgIpc) is 3.23. The molecule has 1 aromatic heterocycles. The molecule has 0 radical (unpaired) electrons. The van der Waals surface area contributed by atoms with Crippen molar-refractivity contribution in [3.05, 3.63) is 57.8 Å². The first kappa shape index (κ1) is 31.2. The van der Waals surface area contributed by atoms with Crippen LogP contribution in [0, 0.1) is 31.8 Å². The number of thiophene rings is 1. The minimum absolute atomic E-state index is 0.0347. The van der Waals surface area contributed by atoms with Crippen molar-refractivity contribution < 1.29 is 24.2 Å². The number of carbonyl (C=O) groups excluding carboxylic acids is 1. The van der Waals surface area contributed by atoms with Gasteiger partial charge in [-0.15, -0.1) is 11.3 Å². The summed E-state index contributed by atoms with van der Waals surface area (Å²) in [5.41, 5.74) is 3.62. The molecule has 0 amide bonds. The van der Waals surface area contributed by atoms with Crippen LogP contribution in [0.2, 0.25) is 0 Å². The zero-order chi connectivity index (χ0) is 28.6. The lowest BCUT2D eigenvalue weighted by molar-refractivity contribution is -0.140. The lowest BCUT2D eigenvalue weighted by atomic mass is 10.1. The highest BCUT2D eigenvalue weighted by Gasteiger charge is 2.15. The molecule has 39 heavy (non-hydrogen) atoms. The second kappa shape index (κ2) is 16.7. The first-order chi connectivity index (χ1) is 18.8. The molecule has 1 heterocycles. The number of hydrogen-bond acceptors (Lipinski definition) is 9. The van der Waals surface area contributed by atoms with E-state index in [9.17, 15) is 14.9 Å². The number of carboxylic acid groups (broad SMARTS) is 1. The molecule has 0 fully saturated rings. The summed E-state index contributed by atoms with van der Waals surface area (Å²) < 4.78 is 10.5. The third kappa shape index (κ3) is 10.3. The second-order valence-electron chi connectivity index (χ2n) is 8.60. The molecular formula is C28H33N5O5S. The van der Waals surface area contributed by atoms with Gasteiger partial charge in [-0.05, 0) is 49.6 Å². The van der Waals surface area contributed by atoms with Gasteiger partial charge in [0.1, 0.15) is 17.7 Å². The van der Waals surface area contributed by atoms with Gasteiger partial charge >= 0.3 is 11.9 Å². The number of nitriles is 1. The molecule has 2 aromatic rings. The molecule has 206 valence electrons. The van der Waals surface area contributed by atoms with E-state index in [0.717, 1.165) is 60.5 Å². The van der Waals surface area contributed by atoms with Gasteiger partial charge in [-0.2, -0.15) is 15.5 Å². The van der Waals surface area contributed by atoms with Crippen LogP contribution >= 0.6 is 11.3 Å². The van der Waals surface area contributed by atoms with E-state index in [0.29, 0.717) is 40.0 Å². The number of aryl methyl sites for hydroxylation is 1. The zero-order valence-corrected chi connectivity index (χ0v) is 23.3. The maximum absolute atomic E-state index is 11.4. The zero-order valence-electron chi connectivity index (χ0n) is 22.5. The van der Waals surface area contributed by atoms with Gasteiger partial charge in [0, 0.05) is 30.9 Å². The fraction of sp³-hybridized carbons (Fsp3) is 0.429. The summed E-state index contributed by atoms with van der Waals surface area (Å²) in [6.45, 7) is 15.4. The first-order valence-corrected chi connectivity index (χ1v) is 13.5. The monoisotopic (exact) mass is 551 g/mol. The summed E-state index contributed by atoms with van der Waals surface area (Å²) in [4.78, 5) is 28.1. The number of benzene rings is 1. The molecule has 2 rings (SSSR count). The molecule has 10 nitrogen and oxygen atoms in total. The Morgan fingerprint density at radius 2 is 1.95 bits per heavy atom. The molecule has 0 aliphatic rings. The molecule has 1 aromatic carbocycles. The van der Waals surface area contributed by atoms with Crippen LogP contribution in [-0.2, 0) is 19.1 Å². The quantitative estimate of drug-likeness (QED) is 0.0799. The predicted molar refractivity (Wildman–Crippen MR) is 150 cm³/mol. The Kier molecular flexibility index (Phi) is 13.4. The maximum Gasteiger partial charge on any atom is 0.331 e. The van der Waals surface area contributed by atoms with Crippen molar-refractivity contribution in [1.82, 2.24) is 0 Å². The van der Waals surface area contributed by atoms with Crippen LogP contribution in [0.15, 0.2) is 40.6 Å². The van der Waals surface area contributed by atoms with Crippen molar-refractivity contribution in [3.8, 4) is 6.07 Å². The number of anilines is 1. The molecule has 0 spiro atoms. The second-order valence-corrected chi connectivity index (χ2v) is 9.60. The lowest BCUT2D eigenvalue weighted by Crippen LogP contribution is -2.29. The molecule has 0 bridgehead atoms. The van der Waals surface area contributed by atoms with Gasteiger partial charge in [0.2, 0.25) is 5.69 Å². The van der Waals surface area contributed by atoms with E-state index in [2.05, 4.69) is 33.0 Å². The Balaban J connectivity index is 2.02. The van der Waals surface area contributed by atoms with Crippen LogP contribution in [0.5, 0.6) is 0 Å². The van der Waals surface area contributed by atoms with Crippen LogP contribution in [0.25, 0.3) is 4.85 Å². The number of aliphatic carboxylic acids is 1. The minimum atomic E-state index is -1.21. The normalized spacial score (nSPS) is 11.0. The molecule has 0 saturated carbocycles. The van der Waals surface area contributed by atoms with Crippen LogP contribution in [0.1, 0.15) is 48.6 Å². The number of hydrogen-bond donors (Lipinski definition) is 1. The number of rotatable bonds is 16. The van der Waals surface area contributed by atoms with E-state index in [-0.39, 0.29) is 13.2 Å². The fourth-order valence-electron chi connectivity index (χ4n) is 3.61. The molecule has 1 N–H and O–H groups in total. The van der Waals surface area contributed by atoms with Crippen molar-refractivity contribution in [3.63, 3.8) is 0 Å². The molecule has 0 aliphatic carbocycles. The number of nitrogens with zero attached hydrogens (tertiary/aromatic N) is 5. The van der Waals surface area contributed by atoms with E-state index in [1.165, 1.54) is 6.42 Å². The highest BCUT2D eigenvalue weighted by atomic mass is 32.1. The number of esters is 1. The lowest BCUT2D eigenvalue weighted by Gasteiger charge is -2.25. The van der Waals surface area contributed by atoms with E-state index in [4.69, 9.17) is 21.2 Å². The maximum atomic E-state index is 11.4. The summed E-state index contributed by atoms with van der Waals surface area (Å²) in [7, 11) is 0. The molecule has 0 atom stereocenters. The molecule has 0 unspecified atom stereocenters. The summed E-state index contributed by atoms with van der Waals surface area (Å²) in [6, 6.07) is 8.01. The Morgan fingerprint density at radius 3 is 2.62 bits per heavy atom. The van der Waals surface area contributed by atoms with Gasteiger partial charge in [0.15, 0.2) is 0 Å². The van der Waals surface area contributed by atoms with Crippen molar-refractivity contribution in [2.75, 3.05) is 37.8 Å². The predicted octanol–water partition coefficient (Wildman–Crippen LogP) is 6.79. The van der Waals surface area contributed by atoms with Crippen molar-refractivity contribution in [1.29, 1.82) is 5.26 Å². The van der Waals surface area contributed by atoms with Gasteiger partial charge in [-0.1, -0.05) is 26.2 Å². The SMILES string of the molecule is [C-]#[N+]c1c(N=Nc2ccc(N(CCCCCC)CCOCCOC(=O)/C=C\C(=O)O)cc2C)sc(C#N)c1C. The van der Waals surface area contributed by atoms with Gasteiger partial charge in [0.05, 0.1) is 30.4 Å². The summed E-state index contributed by atoms with van der Waals surface area (Å²) in [6.07, 6.45) is 6.09. The van der Waals surface area contributed by atoms with Crippen molar-refractivity contribution >= 4 is 45.3 Å². The highest BCUT2D eigenvalue weighted by Crippen LogP contribution is 2.42. The number of azo groups is 1. The number of carboxylic acids is 1. The van der Waals surface area contributed by atoms with Crippen LogP contribution in [0.3, 0.4) is 0 Å². The van der Waals surface area contributed by atoms with Gasteiger partial charge < -0.3 is 19.5 Å². The molecular weight excluding hydrogens is 518 g/mol. The van der Waals surface area contributed by atoms with E-state index >= 15 is 0 Å². The smallest absolute Gasteiger partial charge is 0.331 e. The van der Waals surface area contributed by atoms with Crippen LogP contribution in [0.4, 0.5) is 22.1 Å². The number of ether oxygens (including phenoxy) is 2. The van der Waals surface area contributed by atoms with Crippen molar-refractivity contribution in [2.45, 2.75) is 46.5 Å². The van der Waals surface area contributed by atoms with Crippen molar-refractivity contribution in [2.24, 2.45) is 10.2 Å². The summed E-state index contributed by atoms with van der Waals surface area (Å²) in [5, 5.41) is 26.8. The summed E-state index contributed by atoms with van der Waals surface area (Å²) in [5.74, 6) is -1.94. The Hall–Kier alpha value is -4.06. The average molecular weight is 552 g/mol. The molecule has 0 saturated heterocycles. The Labute approximate surface area is 233 Å². The van der Waals surface area contributed by atoms with E-state index < -0.39 is 11.9 Å². The third-order valence-corrected chi connectivity index (χ3v) is 6.80. The Bertz CT molecular complexity index is 1270. The third-order valence-electron chi connectivity index (χ3n) is 5.73.